The first-order valence-corrected chi connectivity index (χ1v) is 6.48. The van der Waals surface area contributed by atoms with Crippen molar-refractivity contribution in [1.29, 1.82) is 0 Å². The van der Waals surface area contributed by atoms with E-state index in [4.69, 9.17) is 0 Å². The van der Waals surface area contributed by atoms with E-state index in [2.05, 4.69) is 5.32 Å². The molecule has 0 bridgehead atoms. The zero-order valence-electron chi connectivity index (χ0n) is 10.3. The minimum Gasteiger partial charge on any atom is -0.391 e. The first-order valence-electron chi connectivity index (χ1n) is 5.66. The smallest absolute Gasteiger partial charge is 0.283 e. The number of amides is 1. The summed E-state index contributed by atoms with van der Waals surface area (Å²) in [7, 11) is 0. The number of rotatable bonds is 6. The molecule has 7 heteroatoms. The topological polar surface area (TPSA) is 92.5 Å². The van der Waals surface area contributed by atoms with Crippen LogP contribution < -0.4 is 5.32 Å². The maximum atomic E-state index is 11.7. The number of aliphatic hydroxyl groups is 1. The molecule has 1 amide bonds. The number of carbonyl (C=O) groups excluding carboxylic acids is 1. The minimum atomic E-state index is -0.574. The van der Waals surface area contributed by atoms with E-state index in [1.165, 1.54) is 6.07 Å². The lowest BCUT2D eigenvalue weighted by molar-refractivity contribution is -0.385. The van der Waals surface area contributed by atoms with Gasteiger partial charge in [0.2, 0.25) is 0 Å². The van der Waals surface area contributed by atoms with Gasteiger partial charge in [0.25, 0.3) is 11.6 Å². The molecular formula is C11H16N2O4S. The number of hydrogen-bond acceptors (Lipinski definition) is 5. The normalized spacial score (nSPS) is 12.2. The Balaban J connectivity index is 2.62. The molecule has 1 rings (SSSR count). The molecule has 0 aliphatic carbocycles. The van der Waals surface area contributed by atoms with Crippen LogP contribution >= 0.6 is 11.3 Å². The molecule has 1 aromatic rings. The summed E-state index contributed by atoms with van der Waals surface area (Å²) >= 11 is 1.08. The number of hydrogen-bond donors (Lipinski definition) is 2. The summed E-state index contributed by atoms with van der Waals surface area (Å²) in [6.45, 7) is 3.71. The third-order valence-electron chi connectivity index (χ3n) is 2.43. The lowest BCUT2D eigenvalue weighted by atomic mass is 10.2. The van der Waals surface area contributed by atoms with E-state index in [0.29, 0.717) is 16.2 Å². The van der Waals surface area contributed by atoms with Gasteiger partial charge in [-0.15, -0.1) is 11.3 Å². The predicted octanol–water partition coefficient (Wildman–Crippen LogP) is 1.86. The summed E-state index contributed by atoms with van der Waals surface area (Å²) in [4.78, 5) is 22.6. The van der Waals surface area contributed by atoms with E-state index in [1.807, 2.05) is 6.92 Å². The first-order chi connectivity index (χ1) is 8.45. The highest BCUT2D eigenvalue weighted by Gasteiger charge is 2.19. The zero-order valence-corrected chi connectivity index (χ0v) is 11.1. The predicted molar refractivity (Wildman–Crippen MR) is 69.0 cm³/mol. The van der Waals surface area contributed by atoms with Gasteiger partial charge in [-0.05, 0) is 13.3 Å². The molecule has 1 atom stereocenters. The fourth-order valence-corrected chi connectivity index (χ4v) is 2.40. The Kier molecular flexibility index (Phi) is 5.24. The zero-order chi connectivity index (χ0) is 13.7. The quantitative estimate of drug-likeness (QED) is 0.610. The van der Waals surface area contributed by atoms with E-state index in [-0.39, 0.29) is 18.1 Å². The summed E-state index contributed by atoms with van der Waals surface area (Å²) in [5, 5.41) is 22.7. The second kappa shape index (κ2) is 6.46. The van der Waals surface area contributed by atoms with Crippen molar-refractivity contribution >= 4 is 22.9 Å². The summed E-state index contributed by atoms with van der Waals surface area (Å²) < 4.78 is 0. The summed E-state index contributed by atoms with van der Waals surface area (Å²) in [6, 6.07) is 1.27. The second-order valence-corrected chi connectivity index (χ2v) is 5.22. The number of aryl methyl sites for hydroxylation is 1. The molecular weight excluding hydrogens is 256 g/mol. The molecule has 0 saturated carbocycles. The van der Waals surface area contributed by atoms with Crippen LogP contribution in [-0.4, -0.2) is 28.6 Å². The third kappa shape index (κ3) is 3.78. The fraction of sp³-hybridized carbons (Fsp3) is 0.545. The van der Waals surface area contributed by atoms with Crippen molar-refractivity contribution in [3.05, 3.63) is 25.9 Å². The number of thiophene rings is 1. The van der Waals surface area contributed by atoms with Gasteiger partial charge in [-0.1, -0.05) is 13.3 Å². The van der Waals surface area contributed by atoms with Crippen LogP contribution in [0.15, 0.2) is 6.07 Å². The van der Waals surface area contributed by atoms with Crippen molar-refractivity contribution in [2.75, 3.05) is 6.54 Å². The molecule has 0 aliphatic heterocycles. The van der Waals surface area contributed by atoms with Gasteiger partial charge in [0.05, 0.1) is 20.8 Å². The number of carbonyl (C=O) groups is 1. The molecule has 1 heterocycles. The van der Waals surface area contributed by atoms with Crippen molar-refractivity contribution in [1.82, 2.24) is 5.32 Å². The highest BCUT2D eigenvalue weighted by atomic mass is 32.1. The molecule has 0 spiro atoms. The summed E-state index contributed by atoms with van der Waals surface area (Å²) in [6.07, 6.45) is 0.875. The standard InChI is InChI=1S/C11H16N2O4S/c1-3-4-8(14)6-12-11(15)10-5-9(13(16)17)7(2)18-10/h5,8,14H,3-4,6H2,1-2H3,(H,12,15). The SMILES string of the molecule is CCCC(O)CNC(=O)c1cc([N+](=O)[O-])c(C)s1. The third-order valence-corrected chi connectivity index (χ3v) is 3.47. The molecule has 100 valence electrons. The molecule has 18 heavy (non-hydrogen) atoms. The average molecular weight is 272 g/mol. The van der Waals surface area contributed by atoms with Gasteiger partial charge >= 0.3 is 0 Å². The van der Waals surface area contributed by atoms with Crippen LogP contribution in [0, 0.1) is 17.0 Å². The van der Waals surface area contributed by atoms with Crippen LogP contribution in [-0.2, 0) is 0 Å². The number of nitro groups is 1. The fourth-order valence-electron chi connectivity index (χ4n) is 1.50. The van der Waals surface area contributed by atoms with Crippen molar-refractivity contribution in [2.24, 2.45) is 0 Å². The van der Waals surface area contributed by atoms with E-state index in [0.717, 1.165) is 17.8 Å². The second-order valence-electron chi connectivity index (χ2n) is 3.96. The van der Waals surface area contributed by atoms with E-state index in [1.54, 1.807) is 6.92 Å². The number of aliphatic hydroxyl groups excluding tert-OH is 1. The summed E-state index contributed by atoms with van der Waals surface area (Å²) in [5.74, 6) is -0.383. The van der Waals surface area contributed by atoms with Gasteiger partial charge in [0.15, 0.2) is 0 Å². The Hall–Kier alpha value is -1.47. The van der Waals surface area contributed by atoms with E-state index in [9.17, 15) is 20.0 Å². The molecule has 0 aliphatic rings. The van der Waals surface area contributed by atoms with Crippen molar-refractivity contribution in [2.45, 2.75) is 32.8 Å². The maximum Gasteiger partial charge on any atom is 0.283 e. The van der Waals surface area contributed by atoms with Crippen LogP contribution in [0.4, 0.5) is 5.69 Å². The molecule has 0 fully saturated rings. The lowest BCUT2D eigenvalue weighted by Crippen LogP contribution is -2.31. The lowest BCUT2D eigenvalue weighted by Gasteiger charge is -2.09. The number of nitrogens with one attached hydrogen (secondary N) is 1. The molecule has 2 N–H and O–H groups in total. The number of nitrogens with zero attached hydrogens (tertiary/aromatic N) is 1. The van der Waals surface area contributed by atoms with Crippen molar-refractivity contribution in [3.63, 3.8) is 0 Å². The summed E-state index contributed by atoms with van der Waals surface area (Å²) in [5.41, 5.74) is -0.0424. The Bertz CT molecular complexity index is 444. The van der Waals surface area contributed by atoms with Gasteiger partial charge in [-0.2, -0.15) is 0 Å². The first kappa shape index (κ1) is 14.6. The van der Waals surface area contributed by atoms with Gasteiger partial charge in [0.1, 0.15) is 0 Å². The van der Waals surface area contributed by atoms with Gasteiger partial charge in [0, 0.05) is 12.6 Å². The molecule has 0 aromatic carbocycles. The van der Waals surface area contributed by atoms with Gasteiger partial charge in [-0.3, -0.25) is 14.9 Å². The van der Waals surface area contributed by atoms with Crippen molar-refractivity contribution in [3.8, 4) is 0 Å². The van der Waals surface area contributed by atoms with Crippen LogP contribution in [0.3, 0.4) is 0 Å². The van der Waals surface area contributed by atoms with E-state index < -0.39 is 11.0 Å². The maximum absolute atomic E-state index is 11.7. The Morgan fingerprint density at radius 3 is 2.83 bits per heavy atom. The van der Waals surface area contributed by atoms with Gasteiger partial charge in [-0.25, -0.2) is 0 Å². The Labute approximate surface area is 109 Å². The molecule has 1 unspecified atom stereocenters. The molecule has 0 saturated heterocycles. The van der Waals surface area contributed by atoms with Crippen LogP contribution in [0.1, 0.15) is 34.3 Å². The molecule has 6 nitrogen and oxygen atoms in total. The largest absolute Gasteiger partial charge is 0.391 e. The molecule has 0 radical (unpaired) electrons. The monoisotopic (exact) mass is 272 g/mol. The Morgan fingerprint density at radius 2 is 2.33 bits per heavy atom. The highest BCUT2D eigenvalue weighted by Crippen LogP contribution is 2.27. The van der Waals surface area contributed by atoms with E-state index >= 15 is 0 Å². The van der Waals surface area contributed by atoms with Crippen LogP contribution in [0.2, 0.25) is 0 Å². The minimum absolute atomic E-state index is 0.0424. The van der Waals surface area contributed by atoms with Gasteiger partial charge < -0.3 is 10.4 Å². The highest BCUT2D eigenvalue weighted by molar-refractivity contribution is 7.14. The molecule has 1 aromatic heterocycles. The Morgan fingerprint density at radius 1 is 1.67 bits per heavy atom. The van der Waals surface area contributed by atoms with Crippen LogP contribution in [0.25, 0.3) is 0 Å². The average Bonchev–Trinajstić information content (AvgIpc) is 2.69. The van der Waals surface area contributed by atoms with Crippen LogP contribution in [0.5, 0.6) is 0 Å². The van der Waals surface area contributed by atoms with Crippen molar-refractivity contribution < 1.29 is 14.8 Å².